The normalized spacial score (nSPS) is 11.6. The molecule has 0 aromatic heterocycles. The molecule has 0 aliphatic heterocycles. The molecule has 2 N–H and O–H groups in total. The molecule has 0 atom stereocenters. The van der Waals surface area contributed by atoms with Crippen LogP contribution in [0.4, 0.5) is 5.69 Å². The van der Waals surface area contributed by atoms with Gasteiger partial charge in [-0.1, -0.05) is 18.2 Å². The molecule has 0 fully saturated rings. The highest BCUT2D eigenvalue weighted by atomic mass is 16.3. The highest BCUT2D eigenvalue weighted by molar-refractivity contribution is 5.94. The van der Waals surface area contributed by atoms with Crippen LogP contribution >= 0.6 is 0 Å². The SMILES string of the molecule is CN(CCO)CC(C)(C)C(=O)Nc1ccccc1. The summed E-state index contributed by atoms with van der Waals surface area (Å²) in [6.07, 6.45) is 0. The zero-order valence-electron chi connectivity index (χ0n) is 11.3. The number of likely N-dealkylation sites (N-methyl/N-ethyl adjacent to an activating group) is 1. The summed E-state index contributed by atoms with van der Waals surface area (Å²) in [7, 11) is 1.90. The Labute approximate surface area is 109 Å². The molecule has 0 heterocycles. The van der Waals surface area contributed by atoms with Crippen LogP contribution in [-0.2, 0) is 4.79 Å². The molecule has 1 amide bonds. The van der Waals surface area contributed by atoms with Crippen molar-refractivity contribution in [3.05, 3.63) is 30.3 Å². The van der Waals surface area contributed by atoms with E-state index in [-0.39, 0.29) is 12.5 Å². The van der Waals surface area contributed by atoms with E-state index in [0.717, 1.165) is 5.69 Å². The molecule has 0 aliphatic rings. The van der Waals surface area contributed by atoms with Crippen molar-refractivity contribution in [3.8, 4) is 0 Å². The van der Waals surface area contributed by atoms with Crippen molar-refractivity contribution in [2.45, 2.75) is 13.8 Å². The Balaban J connectivity index is 2.59. The van der Waals surface area contributed by atoms with Gasteiger partial charge >= 0.3 is 0 Å². The number of rotatable bonds is 6. The standard InChI is InChI=1S/C14H22N2O2/c1-14(2,11-16(3)9-10-17)13(18)15-12-7-5-4-6-8-12/h4-8,17H,9-11H2,1-3H3,(H,15,18). The lowest BCUT2D eigenvalue weighted by molar-refractivity contribution is -0.124. The van der Waals surface area contributed by atoms with Crippen molar-refractivity contribution >= 4 is 11.6 Å². The number of aliphatic hydroxyl groups is 1. The van der Waals surface area contributed by atoms with Crippen LogP contribution in [0.1, 0.15) is 13.8 Å². The van der Waals surface area contributed by atoms with Gasteiger partial charge in [0.2, 0.25) is 5.91 Å². The lowest BCUT2D eigenvalue weighted by Crippen LogP contribution is -2.41. The van der Waals surface area contributed by atoms with E-state index < -0.39 is 5.41 Å². The molecule has 1 aromatic rings. The summed E-state index contributed by atoms with van der Waals surface area (Å²) in [5.74, 6) is -0.0153. The summed E-state index contributed by atoms with van der Waals surface area (Å²) in [4.78, 5) is 14.1. The number of hydrogen-bond donors (Lipinski definition) is 2. The fraction of sp³-hybridized carbons (Fsp3) is 0.500. The average molecular weight is 250 g/mol. The summed E-state index contributed by atoms with van der Waals surface area (Å²) >= 11 is 0. The van der Waals surface area contributed by atoms with Crippen molar-refractivity contribution in [1.82, 2.24) is 4.90 Å². The van der Waals surface area contributed by atoms with E-state index >= 15 is 0 Å². The van der Waals surface area contributed by atoms with E-state index in [9.17, 15) is 4.79 Å². The molecule has 100 valence electrons. The van der Waals surface area contributed by atoms with Gasteiger partial charge in [0.1, 0.15) is 0 Å². The van der Waals surface area contributed by atoms with E-state index in [2.05, 4.69) is 5.32 Å². The van der Waals surface area contributed by atoms with Gasteiger partial charge in [0.05, 0.1) is 12.0 Å². The molecule has 4 heteroatoms. The average Bonchev–Trinajstić information content (AvgIpc) is 2.29. The van der Waals surface area contributed by atoms with Gasteiger partial charge < -0.3 is 15.3 Å². The molecule has 4 nitrogen and oxygen atoms in total. The molecule has 18 heavy (non-hydrogen) atoms. The molecule has 0 unspecified atom stereocenters. The van der Waals surface area contributed by atoms with Crippen LogP contribution < -0.4 is 5.32 Å². The maximum Gasteiger partial charge on any atom is 0.231 e. The summed E-state index contributed by atoms with van der Waals surface area (Å²) in [5.41, 5.74) is 0.306. The molecule has 0 spiro atoms. The minimum absolute atomic E-state index is 0.0153. The van der Waals surface area contributed by atoms with Gasteiger partial charge in [-0.25, -0.2) is 0 Å². The molecule has 1 rings (SSSR count). The van der Waals surface area contributed by atoms with Crippen molar-refractivity contribution < 1.29 is 9.90 Å². The van der Waals surface area contributed by atoms with Gasteiger partial charge in [0.25, 0.3) is 0 Å². The van der Waals surface area contributed by atoms with E-state index in [1.165, 1.54) is 0 Å². The van der Waals surface area contributed by atoms with E-state index in [0.29, 0.717) is 13.1 Å². The second kappa shape index (κ2) is 6.52. The van der Waals surface area contributed by atoms with E-state index in [1.54, 1.807) is 0 Å². The largest absolute Gasteiger partial charge is 0.395 e. The second-order valence-corrected chi connectivity index (χ2v) is 5.17. The molecule has 1 aromatic carbocycles. The van der Waals surface area contributed by atoms with Crippen molar-refractivity contribution in [3.63, 3.8) is 0 Å². The van der Waals surface area contributed by atoms with Crippen molar-refractivity contribution in [1.29, 1.82) is 0 Å². The first-order valence-corrected chi connectivity index (χ1v) is 6.11. The van der Waals surface area contributed by atoms with Crippen molar-refractivity contribution in [2.24, 2.45) is 5.41 Å². The van der Waals surface area contributed by atoms with Gasteiger partial charge in [-0.3, -0.25) is 4.79 Å². The number of anilines is 1. The van der Waals surface area contributed by atoms with Gasteiger partial charge in [-0.2, -0.15) is 0 Å². The predicted molar refractivity (Wildman–Crippen MR) is 73.4 cm³/mol. The molecule has 0 radical (unpaired) electrons. The quantitative estimate of drug-likeness (QED) is 0.806. The first-order valence-electron chi connectivity index (χ1n) is 6.11. The summed E-state index contributed by atoms with van der Waals surface area (Å²) in [5, 5.41) is 11.8. The summed E-state index contributed by atoms with van der Waals surface area (Å²) in [6.45, 7) is 5.08. The minimum atomic E-state index is -0.500. The molecular formula is C14H22N2O2. The third-order valence-corrected chi connectivity index (χ3v) is 2.79. The smallest absolute Gasteiger partial charge is 0.231 e. The molecule has 0 saturated heterocycles. The number of carbonyl (C=O) groups excluding carboxylic acids is 1. The Bertz CT molecular complexity index is 377. The molecular weight excluding hydrogens is 228 g/mol. The van der Waals surface area contributed by atoms with Gasteiger partial charge in [0, 0.05) is 18.8 Å². The van der Waals surface area contributed by atoms with Gasteiger partial charge in [-0.05, 0) is 33.0 Å². The van der Waals surface area contributed by atoms with Crippen LogP contribution in [-0.4, -0.2) is 42.7 Å². The topological polar surface area (TPSA) is 52.6 Å². The Kier molecular flexibility index (Phi) is 5.31. The van der Waals surface area contributed by atoms with Crippen LogP contribution in [0, 0.1) is 5.41 Å². The number of aliphatic hydroxyl groups excluding tert-OH is 1. The highest BCUT2D eigenvalue weighted by Gasteiger charge is 2.28. The van der Waals surface area contributed by atoms with Crippen LogP contribution in [0.3, 0.4) is 0 Å². The Morgan fingerprint density at radius 1 is 1.33 bits per heavy atom. The number of nitrogens with zero attached hydrogens (tertiary/aromatic N) is 1. The first-order chi connectivity index (χ1) is 8.45. The fourth-order valence-corrected chi connectivity index (χ4v) is 1.82. The minimum Gasteiger partial charge on any atom is -0.395 e. The number of para-hydroxylation sites is 1. The zero-order valence-corrected chi connectivity index (χ0v) is 11.3. The van der Waals surface area contributed by atoms with Crippen LogP contribution in [0.15, 0.2) is 30.3 Å². The first kappa shape index (κ1) is 14.7. The number of benzene rings is 1. The van der Waals surface area contributed by atoms with Crippen molar-refractivity contribution in [2.75, 3.05) is 32.1 Å². The molecule has 0 aliphatic carbocycles. The Morgan fingerprint density at radius 3 is 2.50 bits per heavy atom. The maximum atomic E-state index is 12.2. The zero-order chi connectivity index (χ0) is 13.6. The van der Waals surface area contributed by atoms with E-state index in [4.69, 9.17) is 5.11 Å². The van der Waals surface area contributed by atoms with E-state index in [1.807, 2.05) is 56.1 Å². The lowest BCUT2D eigenvalue weighted by atomic mass is 9.91. The highest BCUT2D eigenvalue weighted by Crippen LogP contribution is 2.19. The molecule has 0 bridgehead atoms. The predicted octanol–water partition coefficient (Wildman–Crippen LogP) is 1.58. The van der Waals surface area contributed by atoms with Crippen LogP contribution in [0.5, 0.6) is 0 Å². The van der Waals surface area contributed by atoms with Gasteiger partial charge in [0.15, 0.2) is 0 Å². The Hall–Kier alpha value is -1.39. The summed E-state index contributed by atoms with van der Waals surface area (Å²) in [6, 6.07) is 9.42. The number of hydrogen-bond acceptors (Lipinski definition) is 3. The number of nitrogens with one attached hydrogen (secondary N) is 1. The number of amides is 1. The summed E-state index contributed by atoms with van der Waals surface area (Å²) < 4.78 is 0. The Morgan fingerprint density at radius 2 is 1.94 bits per heavy atom. The third kappa shape index (κ3) is 4.47. The lowest BCUT2D eigenvalue weighted by Gasteiger charge is -2.28. The molecule has 0 saturated carbocycles. The fourth-order valence-electron chi connectivity index (χ4n) is 1.82. The van der Waals surface area contributed by atoms with Crippen LogP contribution in [0.2, 0.25) is 0 Å². The second-order valence-electron chi connectivity index (χ2n) is 5.17. The maximum absolute atomic E-state index is 12.2. The third-order valence-electron chi connectivity index (χ3n) is 2.79. The van der Waals surface area contributed by atoms with Gasteiger partial charge in [-0.15, -0.1) is 0 Å². The number of carbonyl (C=O) groups is 1. The monoisotopic (exact) mass is 250 g/mol. The van der Waals surface area contributed by atoms with Crippen LogP contribution in [0.25, 0.3) is 0 Å².